The maximum absolute atomic E-state index is 12.7. The zero-order chi connectivity index (χ0) is 18.6. The summed E-state index contributed by atoms with van der Waals surface area (Å²) in [5, 5.41) is 15.0. The Morgan fingerprint density at radius 1 is 1.26 bits per heavy atom. The molecule has 0 bridgehead atoms. The van der Waals surface area contributed by atoms with Gasteiger partial charge in [-0.1, -0.05) is 35.5 Å². The quantitative estimate of drug-likeness (QED) is 0.732. The highest BCUT2D eigenvalue weighted by molar-refractivity contribution is 6.05. The van der Waals surface area contributed by atoms with Gasteiger partial charge in [-0.25, -0.2) is 0 Å². The molecule has 6 nitrogen and oxygen atoms in total. The molecule has 1 saturated heterocycles. The number of benzene rings is 2. The molecule has 27 heavy (non-hydrogen) atoms. The molecule has 6 heteroatoms. The van der Waals surface area contributed by atoms with Gasteiger partial charge in [0.15, 0.2) is 0 Å². The second-order valence-corrected chi connectivity index (χ2v) is 6.97. The molecule has 1 aliphatic heterocycles. The van der Waals surface area contributed by atoms with E-state index < -0.39 is 0 Å². The fourth-order valence-electron chi connectivity index (χ4n) is 3.40. The molecule has 1 atom stereocenters. The van der Waals surface area contributed by atoms with E-state index in [1.54, 1.807) is 0 Å². The molecule has 0 saturated carbocycles. The van der Waals surface area contributed by atoms with E-state index in [-0.39, 0.29) is 5.91 Å². The average molecular weight is 361 g/mol. The van der Waals surface area contributed by atoms with Gasteiger partial charge in [-0.2, -0.15) is 0 Å². The summed E-state index contributed by atoms with van der Waals surface area (Å²) in [4.78, 5) is 12.7. The van der Waals surface area contributed by atoms with Gasteiger partial charge in [-0.15, -0.1) is 5.10 Å². The lowest BCUT2D eigenvalue weighted by Gasteiger charge is -2.09. The normalized spacial score (nSPS) is 16.4. The van der Waals surface area contributed by atoms with E-state index in [2.05, 4.69) is 20.9 Å². The molecule has 1 aromatic heterocycles. The van der Waals surface area contributed by atoms with Gasteiger partial charge >= 0.3 is 0 Å². The van der Waals surface area contributed by atoms with Gasteiger partial charge in [0, 0.05) is 22.9 Å². The van der Waals surface area contributed by atoms with Crippen LogP contribution >= 0.6 is 0 Å². The van der Waals surface area contributed by atoms with Gasteiger partial charge < -0.3 is 10.6 Å². The molecule has 4 rings (SSSR count). The van der Waals surface area contributed by atoms with Crippen LogP contribution in [0.15, 0.2) is 54.7 Å². The van der Waals surface area contributed by atoms with Crippen LogP contribution in [-0.2, 0) is 6.54 Å². The van der Waals surface area contributed by atoms with Crippen LogP contribution in [-0.4, -0.2) is 33.5 Å². The van der Waals surface area contributed by atoms with E-state index in [1.165, 1.54) is 12.8 Å². The number of amides is 1. The number of nitrogens with zero attached hydrogens (tertiary/aromatic N) is 3. The van der Waals surface area contributed by atoms with Crippen LogP contribution < -0.4 is 10.6 Å². The molecule has 0 aliphatic carbocycles. The lowest BCUT2D eigenvalue weighted by molar-refractivity contribution is 0.102. The van der Waals surface area contributed by atoms with Crippen molar-refractivity contribution in [2.45, 2.75) is 32.4 Å². The first-order valence-corrected chi connectivity index (χ1v) is 9.30. The first-order chi connectivity index (χ1) is 13.2. The zero-order valence-electron chi connectivity index (χ0n) is 15.4. The van der Waals surface area contributed by atoms with Crippen LogP contribution in [0.4, 0.5) is 5.69 Å². The van der Waals surface area contributed by atoms with Gasteiger partial charge in [0.1, 0.15) is 5.69 Å². The van der Waals surface area contributed by atoms with Crippen molar-refractivity contribution in [3.05, 3.63) is 65.9 Å². The Morgan fingerprint density at radius 3 is 2.89 bits per heavy atom. The summed E-state index contributed by atoms with van der Waals surface area (Å²) in [5.41, 5.74) is 4.02. The van der Waals surface area contributed by atoms with Crippen molar-refractivity contribution in [1.82, 2.24) is 20.3 Å². The van der Waals surface area contributed by atoms with Gasteiger partial charge in [0.05, 0.1) is 12.7 Å². The second kappa shape index (κ2) is 7.72. The number of carbonyl (C=O) groups is 1. The molecule has 3 aromatic rings. The standard InChI is InChI=1S/C21H23N5O/c1-15-9-10-16(12-19(15)21(27)23-17-6-3-2-4-7-17)20-14-26(25-24-20)13-18-8-5-11-22-18/h2-4,6-7,9-10,12,14,18,22H,5,8,11,13H2,1H3,(H,23,27)/t18-/m0/s1. The Bertz CT molecular complexity index is 929. The molecule has 2 aromatic carbocycles. The van der Waals surface area contributed by atoms with Crippen molar-refractivity contribution in [1.29, 1.82) is 0 Å². The highest BCUT2D eigenvalue weighted by atomic mass is 16.1. The molecule has 138 valence electrons. The Morgan fingerprint density at radius 2 is 2.11 bits per heavy atom. The fraction of sp³-hybridized carbons (Fsp3) is 0.286. The number of hydrogen-bond acceptors (Lipinski definition) is 4. The van der Waals surface area contributed by atoms with E-state index >= 15 is 0 Å². The Balaban J connectivity index is 1.53. The van der Waals surface area contributed by atoms with E-state index in [4.69, 9.17) is 0 Å². The zero-order valence-corrected chi connectivity index (χ0v) is 15.4. The van der Waals surface area contributed by atoms with Crippen molar-refractivity contribution in [2.75, 3.05) is 11.9 Å². The fourth-order valence-corrected chi connectivity index (χ4v) is 3.40. The summed E-state index contributed by atoms with van der Waals surface area (Å²) in [6.07, 6.45) is 4.33. The number of aromatic nitrogens is 3. The highest BCUT2D eigenvalue weighted by Crippen LogP contribution is 2.22. The smallest absolute Gasteiger partial charge is 0.255 e. The molecular formula is C21H23N5O. The number of rotatable bonds is 5. The Labute approximate surface area is 158 Å². The first kappa shape index (κ1) is 17.4. The van der Waals surface area contributed by atoms with Crippen LogP contribution in [0.2, 0.25) is 0 Å². The lowest BCUT2D eigenvalue weighted by Crippen LogP contribution is -2.26. The molecule has 2 heterocycles. The third-order valence-electron chi connectivity index (χ3n) is 4.92. The van der Waals surface area contributed by atoms with Crippen molar-refractivity contribution in [3.63, 3.8) is 0 Å². The third kappa shape index (κ3) is 4.06. The van der Waals surface area contributed by atoms with Crippen LogP contribution in [0.25, 0.3) is 11.3 Å². The molecule has 1 aliphatic rings. The first-order valence-electron chi connectivity index (χ1n) is 9.30. The number of aryl methyl sites for hydroxylation is 1. The predicted molar refractivity (Wildman–Crippen MR) is 106 cm³/mol. The van der Waals surface area contributed by atoms with E-state index in [1.807, 2.05) is 66.3 Å². The number of para-hydroxylation sites is 1. The van der Waals surface area contributed by atoms with Gasteiger partial charge in [-0.3, -0.25) is 9.48 Å². The molecule has 0 radical (unpaired) electrons. The van der Waals surface area contributed by atoms with E-state index in [9.17, 15) is 4.79 Å². The van der Waals surface area contributed by atoms with E-state index in [0.717, 1.165) is 35.6 Å². The maximum atomic E-state index is 12.7. The van der Waals surface area contributed by atoms with Crippen LogP contribution in [0.5, 0.6) is 0 Å². The molecule has 2 N–H and O–H groups in total. The molecule has 1 amide bonds. The molecule has 0 unspecified atom stereocenters. The summed E-state index contributed by atoms with van der Waals surface area (Å²) < 4.78 is 1.88. The van der Waals surface area contributed by atoms with Gasteiger partial charge in [-0.05, 0) is 50.1 Å². The SMILES string of the molecule is Cc1ccc(-c2cn(C[C@@H]3CCCN3)nn2)cc1C(=O)Nc1ccccc1. The molecular weight excluding hydrogens is 338 g/mol. The van der Waals surface area contributed by atoms with E-state index in [0.29, 0.717) is 11.6 Å². The topological polar surface area (TPSA) is 71.8 Å². The van der Waals surface area contributed by atoms with Gasteiger partial charge in [0.2, 0.25) is 0 Å². The summed E-state index contributed by atoms with van der Waals surface area (Å²) in [6.45, 7) is 3.83. The number of carbonyl (C=O) groups excluding carboxylic acids is 1. The monoisotopic (exact) mass is 361 g/mol. The Kier molecular flexibility index (Phi) is 4.98. The van der Waals surface area contributed by atoms with Crippen molar-refractivity contribution >= 4 is 11.6 Å². The Hall–Kier alpha value is -2.99. The average Bonchev–Trinajstić information content (AvgIpc) is 3.35. The van der Waals surface area contributed by atoms with Crippen molar-refractivity contribution in [2.24, 2.45) is 0 Å². The lowest BCUT2D eigenvalue weighted by atomic mass is 10.0. The minimum Gasteiger partial charge on any atom is -0.322 e. The largest absolute Gasteiger partial charge is 0.322 e. The van der Waals surface area contributed by atoms with Gasteiger partial charge in [0.25, 0.3) is 5.91 Å². The van der Waals surface area contributed by atoms with Crippen LogP contribution in [0.1, 0.15) is 28.8 Å². The summed E-state index contributed by atoms with van der Waals surface area (Å²) in [6, 6.07) is 15.8. The van der Waals surface area contributed by atoms with Crippen molar-refractivity contribution in [3.8, 4) is 11.3 Å². The second-order valence-electron chi connectivity index (χ2n) is 6.97. The molecule has 1 fully saturated rings. The third-order valence-corrected chi connectivity index (χ3v) is 4.92. The number of anilines is 1. The van der Waals surface area contributed by atoms with Crippen LogP contribution in [0, 0.1) is 6.92 Å². The number of hydrogen-bond donors (Lipinski definition) is 2. The highest BCUT2D eigenvalue weighted by Gasteiger charge is 2.16. The minimum atomic E-state index is -0.122. The van der Waals surface area contributed by atoms with Crippen molar-refractivity contribution < 1.29 is 4.79 Å². The predicted octanol–water partition coefficient (Wildman–Crippen LogP) is 3.26. The number of nitrogens with one attached hydrogen (secondary N) is 2. The van der Waals surface area contributed by atoms with Crippen LogP contribution in [0.3, 0.4) is 0 Å². The summed E-state index contributed by atoms with van der Waals surface area (Å²) in [7, 11) is 0. The maximum Gasteiger partial charge on any atom is 0.255 e. The minimum absolute atomic E-state index is 0.122. The molecule has 0 spiro atoms. The summed E-state index contributed by atoms with van der Waals surface area (Å²) in [5.74, 6) is -0.122. The summed E-state index contributed by atoms with van der Waals surface area (Å²) >= 11 is 0.